The molecule has 4 heteroatoms. The molecule has 0 amide bonds. The van der Waals surface area contributed by atoms with E-state index in [9.17, 15) is 0 Å². The van der Waals surface area contributed by atoms with Crippen molar-refractivity contribution in [2.24, 2.45) is 5.41 Å². The lowest BCUT2D eigenvalue weighted by molar-refractivity contribution is 0.571. The number of nitrogens with two attached hydrogens (primary N) is 1. The number of rotatable bonds is 0. The first-order valence-corrected chi connectivity index (χ1v) is 4.57. The van der Waals surface area contributed by atoms with Crippen LogP contribution >= 0.6 is 11.6 Å². The molecule has 0 atom stereocenters. The maximum absolute atomic E-state index is 5.61. The van der Waals surface area contributed by atoms with Gasteiger partial charge in [0.15, 0.2) is 11.5 Å². The highest BCUT2D eigenvalue weighted by Gasteiger charge is 2.05. The third-order valence-corrected chi connectivity index (χ3v) is 1.51. The lowest BCUT2D eigenvalue weighted by Gasteiger charge is -2.06. The molecule has 0 aliphatic heterocycles. The van der Waals surface area contributed by atoms with Gasteiger partial charge in [-0.05, 0) is 26.7 Å². The van der Waals surface area contributed by atoms with E-state index in [1.54, 1.807) is 0 Å². The molecule has 0 unspecified atom stereocenters. The molecule has 0 aromatic carbocycles. The second-order valence-electron chi connectivity index (χ2n) is 3.93. The highest BCUT2D eigenvalue weighted by molar-refractivity contribution is 6.29. The number of halogens is 1. The van der Waals surface area contributed by atoms with Crippen molar-refractivity contribution in [3.8, 4) is 11.8 Å². The van der Waals surface area contributed by atoms with Gasteiger partial charge in [0.05, 0.1) is 6.20 Å². The Morgan fingerprint density at radius 3 is 2.57 bits per heavy atom. The zero-order valence-corrected chi connectivity index (χ0v) is 9.18. The van der Waals surface area contributed by atoms with E-state index in [4.69, 9.17) is 17.3 Å². The molecule has 0 saturated carbocycles. The molecule has 2 N–H and O–H groups in total. The maximum Gasteiger partial charge on any atom is 0.159 e. The van der Waals surface area contributed by atoms with E-state index in [-0.39, 0.29) is 16.4 Å². The van der Waals surface area contributed by atoms with Crippen molar-refractivity contribution in [1.82, 2.24) is 9.97 Å². The monoisotopic (exact) mass is 209 g/mol. The molecule has 0 fully saturated rings. The van der Waals surface area contributed by atoms with E-state index in [2.05, 4.69) is 21.8 Å². The summed E-state index contributed by atoms with van der Waals surface area (Å²) in [6.45, 7) is 6.04. The van der Waals surface area contributed by atoms with E-state index >= 15 is 0 Å². The molecule has 1 aromatic rings. The lowest BCUT2D eigenvalue weighted by atomic mass is 9.98. The van der Waals surface area contributed by atoms with E-state index in [0.29, 0.717) is 5.69 Å². The topological polar surface area (TPSA) is 51.8 Å². The largest absolute Gasteiger partial charge is 0.381 e. The van der Waals surface area contributed by atoms with Crippen LogP contribution in [0.3, 0.4) is 0 Å². The van der Waals surface area contributed by atoms with Crippen molar-refractivity contribution in [3.05, 3.63) is 17.0 Å². The van der Waals surface area contributed by atoms with Gasteiger partial charge in [0.1, 0.15) is 5.15 Å². The van der Waals surface area contributed by atoms with Gasteiger partial charge < -0.3 is 5.73 Å². The average molecular weight is 210 g/mol. The minimum atomic E-state index is -0.0756. The number of nitrogens with zero attached hydrogens (tertiary/aromatic N) is 2. The Labute approximate surface area is 88.7 Å². The van der Waals surface area contributed by atoms with Crippen molar-refractivity contribution >= 4 is 17.4 Å². The average Bonchev–Trinajstić information content (AvgIpc) is 2.00. The molecule has 0 bridgehead atoms. The molecule has 0 radical (unpaired) electrons. The number of hydrogen-bond acceptors (Lipinski definition) is 3. The molecule has 1 heterocycles. The molecular formula is C10H12ClN3. The normalized spacial score (nSPS) is 10.6. The fourth-order valence-corrected chi connectivity index (χ4v) is 0.864. The van der Waals surface area contributed by atoms with Gasteiger partial charge in [-0.2, -0.15) is 0 Å². The van der Waals surface area contributed by atoms with Crippen LogP contribution in [0.5, 0.6) is 0 Å². The van der Waals surface area contributed by atoms with Crippen LogP contribution in [0.4, 0.5) is 5.82 Å². The Hall–Kier alpha value is -1.27. The standard InChI is InChI=1S/C10H12ClN3/c1-10(2,3)5-4-7-9(12)14-8(11)6-13-7/h6H,1-3H3,(H2,12,14). The Kier molecular flexibility index (Phi) is 2.97. The summed E-state index contributed by atoms with van der Waals surface area (Å²) >= 11 is 5.61. The van der Waals surface area contributed by atoms with Crippen LogP contribution in [0, 0.1) is 17.3 Å². The summed E-state index contributed by atoms with van der Waals surface area (Å²) in [5, 5.41) is 0.281. The van der Waals surface area contributed by atoms with Crippen LogP contribution in [0.25, 0.3) is 0 Å². The summed E-state index contributed by atoms with van der Waals surface area (Å²) in [7, 11) is 0. The van der Waals surface area contributed by atoms with Crippen molar-refractivity contribution < 1.29 is 0 Å². The predicted molar refractivity (Wildman–Crippen MR) is 57.8 cm³/mol. The molecule has 14 heavy (non-hydrogen) atoms. The Bertz CT molecular complexity index is 396. The van der Waals surface area contributed by atoms with E-state index < -0.39 is 0 Å². The molecule has 0 saturated heterocycles. The van der Waals surface area contributed by atoms with Crippen molar-refractivity contribution in [3.63, 3.8) is 0 Å². The second kappa shape index (κ2) is 3.85. The van der Waals surface area contributed by atoms with E-state index in [1.807, 2.05) is 20.8 Å². The maximum atomic E-state index is 5.61. The molecule has 0 spiro atoms. The molecule has 1 aromatic heterocycles. The summed E-state index contributed by atoms with van der Waals surface area (Å²) in [6.07, 6.45) is 1.44. The van der Waals surface area contributed by atoms with Gasteiger partial charge in [0.2, 0.25) is 0 Å². The molecular weight excluding hydrogens is 198 g/mol. The van der Waals surface area contributed by atoms with Crippen LogP contribution < -0.4 is 5.73 Å². The summed E-state index contributed by atoms with van der Waals surface area (Å²) in [6, 6.07) is 0. The van der Waals surface area contributed by atoms with Crippen LogP contribution in [-0.4, -0.2) is 9.97 Å². The van der Waals surface area contributed by atoms with Gasteiger partial charge in [-0.1, -0.05) is 17.5 Å². The molecule has 74 valence electrons. The van der Waals surface area contributed by atoms with Crippen molar-refractivity contribution in [2.45, 2.75) is 20.8 Å². The zero-order valence-electron chi connectivity index (χ0n) is 8.43. The van der Waals surface area contributed by atoms with E-state index in [1.165, 1.54) is 6.20 Å². The molecule has 1 rings (SSSR count). The van der Waals surface area contributed by atoms with Crippen LogP contribution in [0.1, 0.15) is 26.5 Å². The van der Waals surface area contributed by atoms with Gasteiger partial charge in [0.25, 0.3) is 0 Å². The summed E-state index contributed by atoms with van der Waals surface area (Å²) < 4.78 is 0. The fourth-order valence-electron chi connectivity index (χ4n) is 0.724. The van der Waals surface area contributed by atoms with Gasteiger partial charge >= 0.3 is 0 Å². The Morgan fingerprint density at radius 2 is 2.07 bits per heavy atom. The quantitative estimate of drug-likeness (QED) is 0.666. The number of hydrogen-bond donors (Lipinski definition) is 1. The highest BCUT2D eigenvalue weighted by Crippen LogP contribution is 2.12. The fraction of sp³-hybridized carbons (Fsp3) is 0.400. The third-order valence-electron chi connectivity index (χ3n) is 1.33. The van der Waals surface area contributed by atoms with Crippen LogP contribution in [0.15, 0.2) is 6.20 Å². The van der Waals surface area contributed by atoms with Crippen LogP contribution in [-0.2, 0) is 0 Å². The van der Waals surface area contributed by atoms with Gasteiger partial charge in [-0.15, -0.1) is 0 Å². The number of anilines is 1. The Balaban J connectivity index is 3.02. The lowest BCUT2D eigenvalue weighted by Crippen LogP contribution is -2.01. The smallest absolute Gasteiger partial charge is 0.159 e. The number of nitrogen functional groups attached to an aromatic ring is 1. The first-order valence-electron chi connectivity index (χ1n) is 4.20. The minimum Gasteiger partial charge on any atom is -0.381 e. The van der Waals surface area contributed by atoms with Crippen LogP contribution in [0.2, 0.25) is 5.15 Å². The molecule has 0 aliphatic rings. The first-order chi connectivity index (χ1) is 6.38. The predicted octanol–water partition coefficient (Wildman–Crippen LogP) is 2.11. The summed E-state index contributed by atoms with van der Waals surface area (Å²) in [5.41, 5.74) is 5.99. The van der Waals surface area contributed by atoms with Gasteiger partial charge in [-0.3, -0.25) is 0 Å². The first kappa shape index (κ1) is 10.8. The molecule has 0 aliphatic carbocycles. The Morgan fingerprint density at radius 1 is 1.43 bits per heavy atom. The zero-order chi connectivity index (χ0) is 10.8. The molecule has 3 nitrogen and oxygen atoms in total. The third kappa shape index (κ3) is 3.23. The summed E-state index contributed by atoms with van der Waals surface area (Å²) in [5.74, 6) is 6.17. The summed E-state index contributed by atoms with van der Waals surface area (Å²) in [4.78, 5) is 7.84. The minimum absolute atomic E-state index is 0.0756. The van der Waals surface area contributed by atoms with Gasteiger partial charge in [0, 0.05) is 5.41 Å². The second-order valence-corrected chi connectivity index (χ2v) is 4.31. The van der Waals surface area contributed by atoms with E-state index in [0.717, 1.165) is 0 Å². The SMILES string of the molecule is CC(C)(C)C#Cc1ncc(Cl)nc1N. The van der Waals surface area contributed by atoms with Crippen molar-refractivity contribution in [2.75, 3.05) is 5.73 Å². The number of aromatic nitrogens is 2. The van der Waals surface area contributed by atoms with Crippen molar-refractivity contribution in [1.29, 1.82) is 0 Å². The van der Waals surface area contributed by atoms with Gasteiger partial charge in [-0.25, -0.2) is 9.97 Å². The highest BCUT2D eigenvalue weighted by atomic mass is 35.5.